The molecule has 1 aliphatic rings. The van der Waals surface area contributed by atoms with Crippen molar-refractivity contribution < 1.29 is 4.79 Å². The topological polar surface area (TPSA) is 62.7 Å². The van der Waals surface area contributed by atoms with Crippen molar-refractivity contribution in [3.05, 3.63) is 22.3 Å². The summed E-state index contributed by atoms with van der Waals surface area (Å²) in [5.74, 6) is 2.10. The number of hydrogen-bond donors (Lipinski definition) is 2. The molecule has 0 spiro atoms. The molecule has 8 heteroatoms. The van der Waals surface area contributed by atoms with E-state index in [1.807, 2.05) is 33.8 Å². The van der Waals surface area contributed by atoms with Gasteiger partial charge in [0.15, 0.2) is 10.6 Å². The van der Waals surface area contributed by atoms with Crippen LogP contribution >= 0.6 is 35.3 Å². The fraction of sp³-hybridized carbons (Fsp3) is 0.500. The zero-order chi connectivity index (χ0) is 15.4. The molecule has 2 aromatic rings. The van der Waals surface area contributed by atoms with Crippen molar-refractivity contribution >= 4 is 41.2 Å². The predicted molar refractivity (Wildman–Crippen MR) is 93.8 cm³/mol. The molecule has 1 fully saturated rings. The Morgan fingerprint density at radius 2 is 2.50 bits per heavy atom. The van der Waals surface area contributed by atoms with Gasteiger partial charge in [-0.05, 0) is 42.3 Å². The van der Waals surface area contributed by atoms with Gasteiger partial charge in [0.25, 0.3) is 0 Å². The highest BCUT2D eigenvalue weighted by atomic mass is 32.2. The van der Waals surface area contributed by atoms with Crippen molar-refractivity contribution in [2.75, 3.05) is 12.3 Å². The fourth-order valence-electron chi connectivity index (χ4n) is 2.45. The summed E-state index contributed by atoms with van der Waals surface area (Å²) < 4.78 is 2.45. The largest absolute Gasteiger partial charge is 0.355 e. The second kappa shape index (κ2) is 7.43. The number of thioether (sulfide) groups is 1. The third-order valence-corrected chi connectivity index (χ3v) is 6.19. The van der Waals surface area contributed by atoms with Crippen LogP contribution < -0.4 is 5.32 Å². The van der Waals surface area contributed by atoms with Crippen molar-refractivity contribution in [2.24, 2.45) is 0 Å². The van der Waals surface area contributed by atoms with Crippen LogP contribution in [-0.2, 0) is 11.3 Å². The van der Waals surface area contributed by atoms with Gasteiger partial charge in [-0.15, -0.1) is 11.3 Å². The molecule has 0 bridgehead atoms. The van der Waals surface area contributed by atoms with Gasteiger partial charge in [0.1, 0.15) is 0 Å². The SMILES string of the molecule is O=C(CCn1c(-c2cccs2)n[nH]c1=S)NC[C@@H]1CCCS1. The summed E-state index contributed by atoms with van der Waals surface area (Å²) in [4.78, 5) is 13.1. The zero-order valence-corrected chi connectivity index (χ0v) is 14.5. The molecule has 3 heterocycles. The molecule has 1 aliphatic heterocycles. The maximum absolute atomic E-state index is 12.0. The van der Waals surface area contributed by atoms with Crippen LogP contribution in [0.2, 0.25) is 0 Å². The Morgan fingerprint density at radius 3 is 3.23 bits per heavy atom. The lowest BCUT2D eigenvalue weighted by Gasteiger charge is -2.10. The van der Waals surface area contributed by atoms with Gasteiger partial charge in [-0.1, -0.05) is 6.07 Å². The second-order valence-corrected chi connectivity index (χ2v) is 7.91. The van der Waals surface area contributed by atoms with E-state index in [1.54, 1.807) is 11.3 Å². The second-order valence-electron chi connectivity index (χ2n) is 5.17. The summed E-state index contributed by atoms with van der Waals surface area (Å²) in [6, 6.07) is 3.98. The summed E-state index contributed by atoms with van der Waals surface area (Å²) >= 11 is 8.83. The van der Waals surface area contributed by atoms with Gasteiger partial charge in [-0.3, -0.25) is 14.5 Å². The average molecular weight is 355 g/mol. The normalized spacial score (nSPS) is 17.7. The Labute approximate surface area is 142 Å². The summed E-state index contributed by atoms with van der Waals surface area (Å²) in [6.45, 7) is 1.32. The molecule has 0 unspecified atom stereocenters. The smallest absolute Gasteiger partial charge is 0.221 e. The lowest BCUT2D eigenvalue weighted by atomic mass is 10.2. The van der Waals surface area contributed by atoms with Crippen LogP contribution in [0.4, 0.5) is 0 Å². The highest BCUT2D eigenvalue weighted by Crippen LogP contribution is 2.25. The third-order valence-electron chi connectivity index (χ3n) is 3.61. The van der Waals surface area contributed by atoms with Crippen molar-refractivity contribution in [1.82, 2.24) is 20.1 Å². The Morgan fingerprint density at radius 1 is 1.59 bits per heavy atom. The summed E-state index contributed by atoms with van der Waals surface area (Å²) in [5.41, 5.74) is 0. The molecule has 5 nitrogen and oxygen atoms in total. The lowest BCUT2D eigenvalue weighted by molar-refractivity contribution is -0.121. The maximum Gasteiger partial charge on any atom is 0.221 e. The van der Waals surface area contributed by atoms with Crippen LogP contribution in [0.5, 0.6) is 0 Å². The molecule has 1 atom stereocenters. The lowest BCUT2D eigenvalue weighted by Crippen LogP contribution is -2.30. The van der Waals surface area contributed by atoms with Crippen LogP contribution in [0.3, 0.4) is 0 Å². The first-order valence-corrected chi connectivity index (χ1v) is 9.65. The zero-order valence-electron chi connectivity index (χ0n) is 12.1. The van der Waals surface area contributed by atoms with Gasteiger partial charge in [-0.25, -0.2) is 0 Å². The van der Waals surface area contributed by atoms with Crippen molar-refractivity contribution in [3.8, 4) is 10.7 Å². The maximum atomic E-state index is 12.0. The Balaban J connectivity index is 1.56. The van der Waals surface area contributed by atoms with E-state index in [4.69, 9.17) is 12.2 Å². The Bertz CT molecular complexity index is 671. The van der Waals surface area contributed by atoms with Crippen LogP contribution in [-0.4, -0.2) is 38.2 Å². The molecule has 0 radical (unpaired) electrons. The van der Waals surface area contributed by atoms with Gasteiger partial charge in [0, 0.05) is 24.8 Å². The van der Waals surface area contributed by atoms with E-state index in [0.29, 0.717) is 23.0 Å². The van der Waals surface area contributed by atoms with Crippen LogP contribution in [0.1, 0.15) is 19.3 Å². The number of carbonyl (C=O) groups is 1. The summed E-state index contributed by atoms with van der Waals surface area (Å²) in [6.07, 6.45) is 2.89. The van der Waals surface area contributed by atoms with Crippen molar-refractivity contribution in [3.63, 3.8) is 0 Å². The number of amides is 1. The van der Waals surface area contributed by atoms with E-state index < -0.39 is 0 Å². The molecule has 22 heavy (non-hydrogen) atoms. The number of nitrogens with zero attached hydrogens (tertiary/aromatic N) is 2. The van der Waals surface area contributed by atoms with E-state index in [0.717, 1.165) is 17.2 Å². The third kappa shape index (κ3) is 3.80. The van der Waals surface area contributed by atoms with E-state index in [2.05, 4.69) is 15.5 Å². The fourth-order valence-corrected chi connectivity index (χ4v) is 4.60. The standard InChI is InChI=1S/C14H18N4OS3/c19-12(15-9-10-3-1-7-21-10)5-6-18-13(16-17-14(18)20)11-4-2-8-22-11/h2,4,8,10H,1,3,5-7,9H2,(H,15,19)(H,17,20)/t10-/m0/s1. The van der Waals surface area contributed by atoms with Gasteiger partial charge in [-0.2, -0.15) is 16.9 Å². The van der Waals surface area contributed by atoms with E-state index in [9.17, 15) is 4.79 Å². The van der Waals surface area contributed by atoms with Crippen LogP contribution in [0, 0.1) is 4.77 Å². The number of thiophene rings is 1. The number of carbonyl (C=O) groups excluding carboxylic acids is 1. The molecule has 0 saturated carbocycles. The summed E-state index contributed by atoms with van der Waals surface area (Å²) in [7, 11) is 0. The minimum absolute atomic E-state index is 0.0766. The van der Waals surface area contributed by atoms with Crippen molar-refractivity contribution in [2.45, 2.75) is 31.1 Å². The molecule has 2 aromatic heterocycles. The molecule has 1 saturated heterocycles. The molecular formula is C14H18N4OS3. The van der Waals surface area contributed by atoms with E-state index in [-0.39, 0.29) is 5.91 Å². The van der Waals surface area contributed by atoms with Crippen molar-refractivity contribution in [1.29, 1.82) is 0 Å². The minimum atomic E-state index is 0.0766. The minimum Gasteiger partial charge on any atom is -0.355 e. The van der Waals surface area contributed by atoms with Gasteiger partial charge in [0.05, 0.1) is 4.88 Å². The summed E-state index contributed by atoms with van der Waals surface area (Å²) in [5, 5.41) is 12.7. The molecular weight excluding hydrogens is 336 g/mol. The Hall–Kier alpha value is -1.12. The molecule has 1 amide bonds. The monoisotopic (exact) mass is 354 g/mol. The molecule has 118 valence electrons. The number of aromatic amines is 1. The number of nitrogens with one attached hydrogen (secondary N) is 2. The predicted octanol–water partition coefficient (Wildman–Crippen LogP) is 3.07. The first-order valence-electron chi connectivity index (χ1n) is 7.31. The quantitative estimate of drug-likeness (QED) is 0.783. The first-order chi connectivity index (χ1) is 10.7. The number of H-pyrrole nitrogens is 1. The number of hydrogen-bond acceptors (Lipinski definition) is 5. The first kappa shape index (κ1) is 15.8. The van der Waals surface area contributed by atoms with E-state index >= 15 is 0 Å². The van der Waals surface area contributed by atoms with Crippen LogP contribution in [0.25, 0.3) is 10.7 Å². The highest BCUT2D eigenvalue weighted by Gasteiger charge is 2.16. The van der Waals surface area contributed by atoms with Gasteiger partial charge in [0.2, 0.25) is 5.91 Å². The molecule has 0 aromatic carbocycles. The van der Waals surface area contributed by atoms with Gasteiger partial charge >= 0.3 is 0 Å². The average Bonchev–Trinajstić information content (AvgIpc) is 3.25. The van der Waals surface area contributed by atoms with Crippen LogP contribution in [0.15, 0.2) is 17.5 Å². The number of aromatic nitrogens is 3. The van der Waals surface area contributed by atoms with Gasteiger partial charge < -0.3 is 5.32 Å². The molecule has 2 N–H and O–H groups in total. The van der Waals surface area contributed by atoms with E-state index in [1.165, 1.54) is 18.6 Å². The Kier molecular flexibility index (Phi) is 5.32. The molecule has 0 aliphatic carbocycles. The number of rotatable bonds is 6. The highest BCUT2D eigenvalue weighted by molar-refractivity contribution is 8.00. The molecule has 3 rings (SSSR count).